The summed E-state index contributed by atoms with van der Waals surface area (Å²) in [5.74, 6) is 0. The van der Waals surface area contributed by atoms with Crippen LogP contribution in [-0.2, 0) is 13.0 Å². The van der Waals surface area contributed by atoms with E-state index >= 15 is 0 Å². The van der Waals surface area contributed by atoms with E-state index in [1.807, 2.05) is 17.5 Å². The van der Waals surface area contributed by atoms with Crippen molar-refractivity contribution in [2.45, 2.75) is 13.0 Å². The second kappa shape index (κ2) is 6.75. The van der Waals surface area contributed by atoms with Crippen LogP contribution in [0.5, 0.6) is 0 Å². The standard InChI is InChI=1S/C18H14Cl2N4S/c1-11(12-3-2-4-14(19)16(12)20)24-7-5-13-15(9-24)22-10-23-17(13)18-21-6-8-25-18/h2-4,6,8,10H,1,5,7,9H2. The molecule has 1 aliphatic heterocycles. The highest BCUT2D eigenvalue weighted by Gasteiger charge is 2.24. The molecular formula is C18H14Cl2N4S. The molecule has 1 aliphatic rings. The maximum absolute atomic E-state index is 6.35. The lowest BCUT2D eigenvalue weighted by Crippen LogP contribution is -2.30. The Morgan fingerprint density at radius 1 is 1.20 bits per heavy atom. The second-order valence-electron chi connectivity index (χ2n) is 5.70. The lowest BCUT2D eigenvalue weighted by atomic mass is 10.0. The van der Waals surface area contributed by atoms with Gasteiger partial charge in [0.2, 0.25) is 0 Å². The first-order valence-electron chi connectivity index (χ1n) is 7.76. The zero-order chi connectivity index (χ0) is 17.4. The van der Waals surface area contributed by atoms with Gasteiger partial charge in [-0.05, 0) is 12.5 Å². The molecule has 4 nitrogen and oxygen atoms in total. The molecule has 0 atom stereocenters. The van der Waals surface area contributed by atoms with Gasteiger partial charge in [-0.3, -0.25) is 0 Å². The maximum Gasteiger partial charge on any atom is 0.142 e. The summed E-state index contributed by atoms with van der Waals surface area (Å²) in [6, 6.07) is 5.60. The molecule has 0 saturated carbocycles. The van der Waals surface area contributed by atoms with Crippen LogP contribution in [0, 0.1) is 0 Å². The molecule has 3 heterocycles. The Balaban J connectivity index is 1.65. The van der Waals surface area contributed by atoms with Gasteiger partial charge in [0.15, 0.2) is 0 Å². The van der Waals surface area contributed by atoms with E-state index in [0.717, 1.165) is 40.6 Å². The van der Waals surface area contributed by atoms with Gasteiger partial charge in [0.25, 0.3) is 0 Å². The highest BCUT2D eigenvalue weighted by atomic mass is 35.5. The average molecular weight is 389 g/mol. The summed E-state index contributed by atoms with van der Waals surface area (Å²) in [5, 5.41) is 3.96. The Morgan fingerprint density at radius 3 is 2.88 bits per heavy atom. The summed E-state index contributed by atoms with van der Waals surface area (Å²) in [7, 11) is 0. The van der Waals surface area contributed by atoms with Gasteiger partial charge in [-0.15, -0.1) is 11.3 Å². The smallest absolute Gasteiger partial charge is 0.142 e. The summed E-state index contributed by atoms with van der Waals surface area (Å²) in [4.78, 5) is 15.5. The van der Waals surface area contributed by atoms with E-state index in [-0.39, 0.29) is 0 Å². The molecule has 126 valence electrons. The first-order chi connectivity index (χ1) is 12.1. The van der Waals surface area contributed by atoms with Gasteiger partial charge in [0.05, 0.1) is 22.3 Å². The first kappa shape index (κ1) is 16.5. The van der Waals surface area contributed by atoms with Crippen molar-refractivity contribution in [2.24, 2.45) is 0 Å². The zero-order valence-corrected chi connectivity index (χ0v) is 15.6. The van der Waals surface area contributed by atoms with E-state index in [9.17, 15) is 0 Å². The van der Waals surface area contributed by atoms with Crippen LogP contribution >= 0.6 is 34.5 Å². The van der Waals surface area contributed by atoms with Crippen LogP contribution in [0.3, 0.4) is 0 Å². The van der Waals surface area contributed by atoms with E-state index in [4.69, 9.17) is 23.2 Å². The fourth-order valence-corrected chi connectivity index (χ4v) is 4.08. The maximum atomic E-state index is 6.35. The molecule has 0 N–H and O–H groups in total. The predicted octanol–water partition coefficient (Wildman–Crippen LogP) is 4.94. The number of nitrogens with zero attached hydrogens (tertiary/aromatic N) is 4. The Labute approximate surface area is 159 Å². The Bertz CT molecular complexity index is 940. The molecule has 0 fully saturated rings. The molecule has 0 bridgehead atoms. The highest BCUT2D eigenvalue weighted by molar-refractivity contribution is 7.13. The normalized spacial score (nSPS) is 13.6. The zero-order valence-electron chi connectivity index (χ0n) is 13.2. The lowest BCUT2D eigenvalue weighted by Gasteiger charge is -2.32. The predicted molar refractivity (Wildman–Crippen MR) is 103 cm³/mol. The summed E-state index contributed by atoms with van der Waals surface area (Å²) in [6.45, 7) is 5.71. The van der Waals surface area contributed by atoms with Crippen LogP contribution in [0.15, 0.2) is 42.7 Å². The molecule has 0 saturated heterocycles. The summed E-state index contributed by atoms with van der Waals surface area (Å²) in [6.07, 6.45) is 4.24. The second-order valence-corrected chi connectivity index (χ2v) is 7.38. The van der Waals surface area contributed by atoms with E-state index in [1.54, 1.807) is 29.9 Å². The molecular weight excluding hydrogens is 375 g/mol. The van der Waals surface area contributed by atoms with E-state index in [2.05, 4.69) is 26.4 Å². The molecule has 4 rings (SSSR count). The quantitative estimate of drug-likeness (QED) is 0.637. The Kier molecular flexibility index (Phi) is 4.46. The van der Waals surface area contributed by atoms with Gasteiger partial charge in [-0.1, -0.05) is 41.9 Å². The van der Waals surface area contributed by atoms with Gasteiger partial charge in [0.1, 0.15) is 17.0 Å². The van der Waals surface area contributed by atoms with E-state index in [0.29, 0.717) is 16.6 Å². The summed E-state index contributed by atoms with van der Waals surface area (Å²) >= 11 is 14.1. The number of halogens is 2. The number of hydrogen-bond donors (Lipinski definition) is 0. The highest BCUT2D eigenvalue weighted by Crippen LogP contribution is 2.35. The van der Waals surface area contributed by atoms with Crippen LogP contribution in [0.2, 0.25) is 10.0 Å². The molecule has 0 spiro atoms. The molecule has 25 heavy (non-hydrogen) atoms. The first-order valence-corrected chi connectivity index (χ1v) is 9.39. The fraction of sp³-hybridized carbons (Fsp3) is 0.167. The van der Waals surface area contributed by atoms with Crippen molar-refractivity contribution >= 4 is 40.2 Å². The van der Waals surface area contributed by atoms with Crippen LogP contribution in [0.1, 0.15) is 16.8 Å². The summed E-state index contributed by atoms with van der Waals surface area (Å²) < 4.78 is 0. The van der Waals surface area contributed by atoms with Crippen molar-refractivity contribution in [2.75, 3.05) is 6.54 Å². The van der Waals surface area contributed by atoms with Crippen molar-refractivity contribution in [3.8, 4) is 10.7 Å². The number of benzene rings is 1. The Morgan fingerprint density at radius 2 is 2.08 bits per heavy atom. The minimum atomic E-state index is 0.533. The number of hydrogen-bond acceptors (Lipinski definition) is 5. The number of thiazole rings is 1. The molecule has 0 amide bonds. The molecule has 2 aromatic heterocycles. The number of aromatic nitrogens is 3. The third-order valence-electron chi connectivity index (χ3n) is 4.29. The van der Waals surface area contributed by atoms with E-state index < -0.39 is 0 Å². The number of fused-ring (bicyclic) bond motifs is 1. The molecule has 0 aliphatic carbocycles. The van der Waals surface area contributed by atoms with Crippen molar-refractivity contribution in [3.05, 3.63) is 69.5 Å². The average Bonchev–Trinajstić information content (AvgIpc) is 3.17. The van der Waals surface area contributed by atoms with Gasteiger partial charge < -0.3 is 4.90 Å². The van der Waals surface area contributed by atoms with Gasteiger partial charge in [-0.2, -0.15) is 0 Å². The van der Waals surface area contributed by atoms with E-state index in [1.165, 1.54) is 5.56 Å². The topological polar surface area (TPSA) is 41.9 Å². The molecule has 1 aromatic carbocycles. The van der Waals surface area contributed by atoms with Crippen LogP contribution in [0.25, 0.3) is 16.4 Å². The number of rotatable bonds is 3. The van der Waals surface area contributed by atoms with Gasteiger partial charge >= 0.3 is 0 Å². The minimum absolute atomic E-state index is 0.533. The van der Waals surface area contributed by atoms with Crippen LogP contribution < -0.4 is 0 Å². The molecule has 0 unspecified atom stereocenters. The van der Waals surface area contributed by atoms with Gasteiger partial charge in [-0.25, -0.2) is 15.0 Å². The van der Waals surface area contributed by atoms with Crippen molar-refractivity contribution in [1.82, 2.24) is 19.9 Å². The largest absolute Gasteiger partial charge is 0.365 e. The third-order valence-corrected chi connectivity index (χ3v) is 5.88. The van der Waals surface area contributed by atoms with Crippen molar-refractivity contribution < 1.29 is 0 Å². The van der Waals surface area contributed by atoms with Gasteiger partial charge in [0, 0.05) is 34.9 Å². The molecule has 0 radical (unpaired) electrons. The summed E-state index contributed by atoms with van der Waals surface area (Å²) in [5.41, 5.74) is 4.81. The molecule has 3 aromatic rings. The van der Waals surface area contributed by atoms with Crippen molar-refractivity contribution in [3.63, 3.8) is 0 Å². The van der Waals surface area contributed by atoms with Crippen LogP contribution in [-0.4, -0.2) is 26.4 Å². The Hall–Kier alpha value is -1.95. The van der Waals surface area contributed by atoms with Crippen molar-refractivity contribution in [1.29, 1.82) is 0 Å². The third kappa shape index (κ3) is 3.03. The SMILES string of the molecule is C=C(c1cccc(Cl)c1Cl)N1CCc2c(ncnc2-c2nccs2)C1. The monoisotopic (exact) mass is 388 g/mol. The van der Waals surface area contributed by atoms with Crippen LogP contribution in [0.4, 0.5) is 0 Å². The fourth-order valence-electron chi connectivity index (χ4n) is 3.01. The lowest BCUT2D eigenvalue weighted by molar-refractivity contribution is 0.367. The molecule has 7 heteroatoms. The minimum Gasteiger partial charge on any atom is -0.365 e.